The van der Waals surface area contributed by atoms with Crippen LogP contribution in [0.5, 0.6) is 23.0 Å². The fraction of sp³-hybridized carbons (Fsp3) is 0.473. The van der Waals surface area contributed by atoms with Gasteiger partial charge in [0, 0.05) is 99.7 Å². The van der Waals surface area contributed by atoms with Crippen molar-refractivity contribution in [1.82, 2.24) is 95.3 Å². The summed E-state index contributed by atoms with van der Waals surface area (Å²) in [5.74, 6) is -15.8. The Morgan fingerprint density at radius 1 is 0.458 bits per heavy atom. The zero-order chi connectivity index (χ0) is 103. The van der Waals surface area contributed by atoms with Gasteiger partial charge in [0.15, 0.2) is 46.5 Å². The van der Waals surface area contributed by atoms with E-state index in [0.29, 0.717) is 47.2 Å². The zero-order valence-electron chi connectivity index (χ0n) is 78.5. The molecule has 0 aliphatic carbocycles. The molecule has 5 aromatic rings. The number of nitrogens with one attached hydrogen (secondary N) is 24. The highest BCUT2D eigenvalue weighted by Crippen LogP contribution is 2.57. The summed E-state index contributed by atoms with van der Waals surface area (Å²) in [6, 6.07) is 7.95. The molecule has 50 nitrogen and oxygen atoms in total. The number of unbranched alkanes of at least 4 members (excludes halogenated alkanes) is 1. The summed E-state index contributed by atoms with van der Waals surface area (Å²) in [6.07, 6.45) is -4.42. The van der Waals surface area contributed by atoms with E-state index in [9.17, 15) is 29.7 Å². The molecule has 2 saturated heterocycles. The van der Waals surface area contributed by atoms with E-state index in [0.717, 1.165) is 15.7 Å². The third kappa shape index (κ3) is 32.6. The molecule has 0 radical (unpaired) electrons. The number of nitrogens with zero attached hydrogens (tertiary/aromatic N) is 1. The molecule has 12 atom stereocenters. The third-order valence-corrected chi connectivity index (χ3v) is 24.2. The normalized spacial score (nSPS) is 20.6. The molecular formula is C91H130N32O18S. The van der Waals surface area contributed by atoms with Gasteiger partial charge in [-0.05, 0) is 194 Å². The number of amides is 12. The number of thiocarbonyl (C=S) groups is 1. The predicted molar refractivity (Wildman–Crippen MR) is 527 cm³/mol. The number of aromatic hydroxyl groups is 2. The Labute approximate surface area is 822 Å². The van der Waals surface area contributed by atoms with Gasteiger partial charge in [-0.15, -0.1) is 0 Å². The number of nitrogens with two attached hydrogens (primary N) is 7. The molecular weight excluding hydrogens is 1860 g/mol. The van der Waals surface area contributed by atoms with Crippen molar-refractivity contribution in [3.63, 3.8) is 0 Å². The lowest BCUT2D eigenvalue weighted by atomic mass is 9.77. The number of benzene rings is 5. The van der Waals surface area contributed by atoms with Crippen LogP contribution in [0.4, 0.5) is 5.69 Å². The molecule has 4 aliphatic rings. The minimum absolute atomic E-state index is 0.0136. The second-order valence-corrected chi connectivity index (χ2v) is 35.2. The minimum Gasteiger partial charge on any atom is -0.508 e. The van der Waals surface area contributed by atoms with Gasteiger partial charge in [0.25, 0.3) is 0 Å². The van der Waals surface area contributed by atoms with Crippen LogP contribution in [0.15, 0.2) is 97.1 Å². The molecule has 2 fully saturated rings. The van der Waals surface area contributed by atoms with Gasteiger partial charge in [-0.1, -0.05) is 48.5 Å². The van der Waals surface area contributed by atoms with Crippen LogP contribution in [0.1, 0.15) is 168 Å². The Kier molecular flexibility index (Phi) is 41.2. The average molecular weight is 1990 g/mol. The van der Waals surface area contributed by atoms with Crippen molar-refractivity contribution in [2.24, 2.45) is 40.1 Å². The van der Waals surface area contributed by atoms with Crippen LogP contribution >= 0.6 is 12.2 Å². The first-order valence-corrected chi connectivity index (χ1v) is 47.1. The van der Waals surface area contributed by atoms with Gasteiger partial charge in [-0.2, -0.15) is 0 Å². The Hall–Kier alpha value is -15.9. The number of esters is 1. The lowest BCUT2D eigenvalue weighted by Crippen LogP contribution is -2.63. The highest BCUT2D eigenvalue weighted by molar-refractivity contribution is 7.80. The second-order valence-electron chi connectivity index (χ2n) is 34.8. The van der Waals surface area contributed by atoms with Crippen LogP contribution in [0.2, 0.25) is 0 Å². The molecule has 4 heterocycles. The van der Waals surface area contributed by atoms with E-state index in [2.05, 4.69) is 95.7 Å². The average Bonchev–Trinajstić information content (AvgIpc) is 1.52. The molecule has 41 N–H and O–H groups in total. The smallest absolute Gasteiger partial charge is 0.340 e. The number of phenols is 2. The first-order chi connectivity index (χ1) is 67.7. The molecule has 12 amide bonds. The molecule has 0 aromatic heterocycles. The number of aliphatic hydroxyl groups is 1. The van der Waals surface area contributed by atoms with Crippen molar-refractivity contribution in [3.8, 4) is 23.0 Å². The Bertz CT molecular complexity index is 5430. The van der Waals surface area contributed by atoms with Gasteiger partial charge >= 0.3 is 5.97 Å². The topological polar surface area (TPSA) is 846 Å². The summed E-state index contributed by atoms with van der Waals surface area (Å²) in [7, 11) is 0. The van der Waals surface area contributed by atoms with Crippen molar-refractivity contribution < 1.29 is 87.1 Å². The van der Waals surface area contributed by atoms with E-state index in [-0.39, 0.29) is 189 Å². The van der Waals surface area contributed by atoms with Crippen LogP contribution in [0.3, 0.4) is 0 Å². The Morgan fingerprint density at radius 3 is 1.27 bits per heavy atom. The second kappa shape index (κ2) is 53.3. The number of aliphatic hydroxyl groups excluding tert-OH is 1. The highest BCUT2D eigenvalue weighted by Gasteiger charge is 2.54. The van der Waals surface area contributed by atoms with E-state index in [1.54, 1.807) is 54.6 Å². The van der Waals surface area contributed by atoms with Crippen molar-refractivity contribution in [2.45, 2.75) is 220 Å². The van der Waals surface area contributed by atoms with Gasteiger partial charge in [-0.25, -0.2) is 4.79 Å². The van der Waals surface area contributed by atoms with E-state index >= 15 is 47.9 Å². The lowest BCUT2D eigenvalue weighted by molar-refractivity contribution is -0.148. The standard InChI is InChI=1S/C91H130N32O18S/c1-47(124)71-82(138)123-41-7-5-23-67(123)81(137)121-66(43-48-24-25-49-14-2-3-15-50(49)42-48)80(136)119-63(21-12-39-109-88(101)102)76(132)115-60(18-9-36-106-85(95)96)73(129)114-59(17-8-35-105-84(93)94)74(130)116-62(20-11-38-108-87(99)100)77(133)120-65(78(134)117-61(19-10-37-107-86(97)98)75(131)118-64(79(135)122-71)22-13-40-110-89(103)104)32-33-70(127)113-58(72(92)128)16-4-6-34-111-90(142)112-51-26-29-55-54(44-51)83(139)141-91(55)56-30-27-52(125)45-68(56)140-69-46-53(126)28-31-57(69)91/h2-3,14-15,24-31,42,44-47,58-67,71,124-126H,4-13,16-23,32-41,43H2,1H3,(H2,92,128)(H,113,127)(H,114,129)(H,115,132)(H,116,130)(H,117,134)(H,118,131)(H,119,136)(H,120,133)(H,121,137)(H,122,135)(H4,93,94,105)(H4,95,96,106)(H4,97,98,107)(H4,99,100,108)(H4,101,102,109)(H4,103,104,110)(H2,111,112,142)/t47-,58+,59-,60-,61-,62-,63+,64-,65+,66+,67+,71-/m1/s1. The third-order valence-electron chi connectivity index (χ3n) is 23.9. The number of ether oxygens (including phenoxy) is 2. The zero-order valence-corrected chi connectivity index (χ0v) is 79.4. The minimum atomic E-state index is -1.93. The van der Waals surface area contributed by atoms with Crippen LogP contribution in [0, 0.1) is 32.5 Å². The molecule has 9 rings (SSSR count). The van der Waals surface area contributed by atoms with Crippen molar-refractivity contribution in [1.29, 1.82) is 32.5 Å². The summed E-state index contributed by atoms with van der Waals surface area (Å²) in [5.41, 5.74) is 40.6. The van der Waals surface area contributed by atoms with Crippen molar-refractivity contribution >= 4 is 146 Å². The summed E-state index contributed by atoms with van der Waals surface area (Å²) in [4.78, 5) is 196. The Morgan fingerprint density at radius 2 is 0.852 bits per heavy atom. The molecule has 4 aliphatic heterocycles. The van der Waals surface area contributed by atoms with Crippen molar-refractivity contribution in [3.05, 3.63) is 125 Å². The lowest BCUT2D eigenvalue weighted by Gasteiger charge is -2.38. The molecule has 1 spiro atoms. The van der Waals surface area contributed by atoms with Crippen molar-refractivity contribution in [2.75, 3.05) is 57.7 Å². The summed E-state index contributed by atoms with van der Waals surface area (Å²) >= 11 is 5.64. The molecule has 142 heavy (non-hydrogen) atoms. The number of carbonyl (C=O) groups is 13. The van der Waals surface area contributed by atoms with E-state index < -0.39 is 204 Å². The number of phenolic OH excluding ortho intramolecular Hbond substituents is 2. The fourth-order valence-electron chi connectivity index (χ4n) is 16.8. The van der Waals surface area contributed by atoms with Gasteiger partial charge < -0.3 is 166 Å². The number of hydrogen-bond acceptors (Lipinski definition) is 25. The number of anilines is 1. The van der Waals surface area contributed by atoms with E-state index in [1.807, 2.05) is 18.2 Å². The van der Waals surface area contributed by atoms with Crippen LogP contribution in [-0.2, 0) is 74.3 Å². The number of hydrogen-bond donors (Lipinski definition) is 34. The molecule has 5 aromatic carbocycles. The number of carbonyl (C=O) groups excluding carboxylic acids is 13. The maximum atomic E-state index is 15.5. The van der Waals surface area contributed by atoms with Crippen LogP contribution in [0.25, 0.3) is 10.8 Å². The van der Waals surface area contributed by atoms with E-state index in [1.165, 1.54) is 31.2 Å². The monoisotopic (exact) mass is 1990 g/mol. The number of rotatable bonds is 38. The number of fused-ring (bicyclic) bond motifs is 8. The highest BCUT2D eigenvalue weighted by atomic mass is 32.1. The molecule has 51 heteroatoms. The SMILES string of the molecule is C[C@@H](O)[C@H]1NC(=O)[C@@H](CCCNC(=N)N)NC(=O)[C@@H](CCCNC(=N)N)NC(=O)[C@H](CCC(=O)N[C@@H](CCCCNC(=S)Nc2ccc3c(c2)C(=O)OC32c3ccc(O)cc3Oc3cc(O)ccc32)C(N)=O)NC(=O)[C@@H](CCCNC(=N)N)NC(=O)[C@@H](CCCNC(=N)N)NC(=O)[C@@H](CCCNC(=N)N)NC(=O)[C@H](CCCNC(=N)N)NC(=O)[C@H](Cc2ccc3ccccc3c2)NC(=O)[C@@H]2CCCCN2C1=O. The Balaban J connectivity index is 1.04. The van der Waals surface area contributed by atoms with Gasteiger partial charge in [-0.3, -0.25) is 90.0 Å². The first kappa shape index (κ1) is 110. The summed E-state index contributed by atoms with van der Waals surface area (Å²) < 4.78 is 12.3. The number of guanidine groups is 6. The number of piperidine rings is 1. The first-order valence-electron chi connectivity index (χ1n) is 46.7. The van der Waals surface area contributed by atoms with E-state index in [4.69, 9.17) is 94.3 Å². The fourth-order valence-corrected chi connectivity index (χ4v) is 17.0. The predicted octanol–water partition coefficient (Wildman–Crippen LogP) is -4.01. The maximum absolute atomic E-state index is 15.5. The van der Waals surface area contributed by atoms with Crippen LogP contribution in [-0.4, -0.2) is 263 Å². The number of primary amides is 1. The van der Waals surface area contributed by atoms with Crippen LogP contribution < -0.4 is 141 Å². The molecule has 0 unspecified atom stereocenters. The largest absolute Gasteiger partial charge is 0.508 e. The quantitative estimate of drug-likeness (QED) is 0.00588. The van der Waals surface area contributed by atoms with Gasteiger partial charge in [0.1, 0.15) is 89.5 Å². The molecule has 0 bridgehead atoms. The molecule has 0 saturated carbocycles. The van der Waals surface area contributed by atoms with Gasteiger partial charge in [0.05, 0.1) is 11.7 Å². The van der Waals surface area contributed by atoms with Gasteiger partial charge in [0.2, 0.25) is 70.9 Å². The maximum Gasteiger partial charge on any atom is 0.340 e. The molecule has 768 valence electrons. The summed E-state index contributed by atoms with van der Waals surface area (Å²) in [5, 5.41) is 130. The summed E-state index contributed by atoms with van der Waals surface area (Å²) in [6.45, 7) is 0.758.